The van der Waals surface area contributed by atoms with E-state index in [2.05, 4.69) is 5.32 Å². The second-order valence-electron chi connectivity index (χ2n) is 6.16. The Balaban J connectivity index is 2.44. The summed E-state index contributed by atoms with van der Waals surface area (Å²) in [5.74, 6) is -0.452. The summed E-state index contributed by atoms with van der Waals surface area (Å²) in [6, 6.07) is 9.16. The molecule has 7 nitrogen and oxygen atoms in total. The lowest BCUT2D eigenvalue weighted by atomic mass is 10.1. The fraction of sp³-hybridized carbons (Fsp3) is 0.350. The summed E-state index contributed by atoms with van der Waals surface area (Å²) in [4.78, 5) is 12.5. The Hall–Kier alpha value is -2.58. The van der Waals surface area contributed by atoms with E-state index in [0.29, 0.717) is 25.4 Å². The van der Waals surface area contributed by atoms with Gasteiger partial charge in [-0.05, 0) is 44.2 Å². The summed E-state index contributed by atoms with van der Waals surface area (Å²) >= 11 is 0. The first-order valence-corrected chi connectivity index (χ1v) is 10.6. The highest BCUT2D eigenvalue weighted by Gasteiger charge is 2.26. The predicted octanol–water partition coefficient (Wildman–Crippen LogP) is 3.38. The molecule has 0 spiro atoms. The molecule has 0 saturated carbocycles. The first kappa shape index (κ1) is 21.7. The molecule has 0 bridgehead atoms. The standard InChI is InChI=1S/C20H26N2O5S/c1-5-22(6-2)28(25,26)19-13-15(9-11-18(19)27-7-3)21-20(24)16-12-14(4)8-10-17(16)23/h8-13,23H,5-7H2,1-4H3,(H,21,24). The van der Waals surface area contributed by atoms with Crippen LogP contribution in [0.5, 0.6) is 11.5 Å². The fourth-order valence-electron chi connectivity index (χ4n) is 2.79. The molecule has 2 N–H and O–H groups in total. The SMILES string of the molecule is CCOc1ccc(NC(=O)c2cc(C)ccc2O)cc1S(=O)(=O)N(CC)CC. The van der Waals surface area contributed by atoms with E-state index in [-0.39, 0.29) is 22.0 Å². The molecule has 0 radical (unpaired) electrons. The van der Waals surface area contributed by atoms with Crippen molar-refractivity contribution >= 4 is 21.6 Å². The maximum absolute atomic E-state index is 13.0. The van der Waals surface area contributed by atoms with Crippen LogP contribution in [0.15, 0.2) is 41.3 Å². The molecule has 0 aliphatic heterocycles. The quantitative estimate of drug-likeness (QED) is 0.701. The molecule has 0 aliphatic rings. The number of anilines is 1. The summed E-state index contributed by atoms with van der Waals surface area (Å²) < 4.78 is 32.8. The topological polar surface area (TPSA) is 95.9 Å². The molecular weight excluding hydrogens is 380 g/mol. The van der Waals surface area contributed by atoms with Crippen molar-refractivity contribution < 1.29 is 23.1 Å². The van der Waals surface area contributed by atoms with E-state index in [9.17, 15) is 18.3 Å². The Morgan fingerprint density at radius 2 is 1.79 bits per heavy atom. The van der Waals surface area contributed by atoms with E-state index in [1.54, 1.807) is 39.0 Å². The Labute approximate surface area is 166 Å². The van der Waals surface area contributed by atoms with Crippen molar-refractivity contribution in [2.45, 2.75) is 32.6 Å². The van der Waals surface area contributed by atoms with E-state index >= 15 is 0 Å². The average Bonchev–Trinajstić information content (AvgIpc) is 2.65. The lowest BCUT2D eigenvalue weighted by Crippen LogP contribution is -2.31. The van der Waals surface area contributed by atoms with Gasteiger partial charge in [-0.15, -0.1) is 0 Å². The summed E-state index contributed by atoms with van der Waals surface area (Å²) in [5, 5.41) is 12.6. The molecule has 0 heterocycles. The predicted molar refractivity (Wildman–Crippen MR) is 109 cm³/mol. The maximum atomic E-state index is 13.0. The second kappa shape index (κ2) is 9.07. The number of hydrogen-bond donors (Lipinski definition) is 2. The van der Waals surface area contributed by atoms with Crippen LogP contribution in [0, 0.1) is 6.92 Å². The van der Waals surface area contributed by atoms with Crippen LogP contribution in [0.25, 0.3) is 0 Å². The summed E-state index contributed by atoms with van der Waals surface area (Å²) in [6.07, 6.45) is 0. The number of rotatable bonds is 8. The molecule has 8 heteroatoms. The van der Waals surface area contributed by atoms with Crippen LogP contribution in [-0.4, -0.2) is 43.4 Å². The van der Waals surface area contributed by atoms with E-state index in [1.165, 1.54) is 22.5 Å². The molecule has 2 aromatic rings. The van der Waals surface area contributed by atoms with Gasteiger partial charge >= 0.3 is 0 Å². The first-order valence-electron chi connectivity index (χ1n) is 9.12. The number of amides is 1. The van der Waals surface area contributed by atoms with Crippen LogP contribution in [0.2, 0.25) is 0 Å². The Kier molecular flexibility index (Phi) is 7.04. The number of aryl methyl sites for hydroxylation is 1. The van der Waals surface area contributed by atoms with Gasteiger partial charge in [0.05, 0.1) is 12.2 Å². The second-order valence-corrected chi connectivity index (χ2v) is 8.06. The van der Waals surface area contributed by atoms with Crippen LogP contribution in [0.3, 0.4) is 0 Å². The van der Waals surface area contributed by atoms with Gasteiger partial charge < -0.3 is 15.2 Å². The van der Waals surface area contributed by atoms with Crippen molar-refractivity contribution in [1.29, 1.82) is 0 Å². The number of ether oxygens (including phenoxy) is 1. The minimum atomic E-state index is -3.78. The number of phenols is 1. The fourth-order valence-corrected chi connectivity index (χ4v) is 4.41. The molecule has 0 aromatic heterocycles. The monoisotopic (exact) mass is 406 g/mol. The molecule has 0 fully saturated rings. The van der Waals surface area contributed by atoms with Gasteiger partial charge in [-0.2, -0.15) is 4.31 Å². The zero-order valence-corrected chi connectivity index (χ0v) is 17.3. The normalized spacial score (nSPS) is 11.5. The highest BCUT2D eigenvalue weighted by molar-refractivity contribution is 7.89. The number of aromatic hydroxyl groups is 1. The van der Waals surface area contributed by atoms with Gasteiger partial charge in [0, 0.05) is 18.8 Å². The van der Waals surface area contributed by atoms with Crippen molar-refractivity contribution in [3.05, 3.63) is 47.5 Å². The number of sulfonamides is 1. The van der Waals surface area contributed by atoms with Gasteiger partial charge in [0.1, 0.15) is 16.4 Å². The van der Waals surface area contributed by atoms with E-state index < -0.39 is 15.9 Å². The van der Waals surface area contributed by atoms with Gasteiger partial charge in [0.25, 0.3) is 5.91 Å². The first-order chi connectivity index (χ1) is 13.2. The van der Waals surface area contributed by atoms with Crippen molar-refractivity contribution in [3.63, 3.8) is 0 Å². The van der Waals surface area contributed by atoms with Gasteiger partial charge in [-0.3, -0.25) is 4.79 Å². The molecule has 1 amide bonds. The average molecular weight is 407 g/mol. The van der Waals surface area contributed by atoms with Crippen LogP contribution < -0.4 is 10.1 Å². The van der Waals surface area contributed by atoms with Crippen molar-refractivity contribution in [2.24, 2.45) is 0 Å². The number of hydrogen-bond acceptors (Lipinski definition) is 5. The maximum Gasteiger partial charge on any atom is 0.259 e. The minimum Gasteiger partial charge on any atom is -0.507 e. The number of phenolic OH excluding ortho intramolecular Hbond substituents is 1. The molecule has 28 heavy (non-hydrogen) atoms. The number of nitrogens with zero attached hydrogens (tertiary/aromatic N) is 1. The molecule has 0 saturated heterocycles. The lowest BCUT2D eigenvalue weighted by Gasteiger charge is -2.21. The number of carbonyl (C=O) groups is 1. The molecule has 0 aliphatic carbocycles. The van der Waals surface area contributed by atoms with Crippen LogP contribution in [0.1, 0.15) is 36.7 Å². The molecule has 2 rings (SSSR count). The highest BCUT2D eigenvalue weighted by Crippen LogP contribution is 2.30. The highest BCUT2D eigenvalue weighted by atomic mass is 32.2. The molecule has 2 aromatic carbocycles. The van der Waals surface area contributed by atoms with E-state index in [0.717, 1.165) is 5.56 Å². The third-order valence-electron chi connectivity index (χ3n) is 4.22. The Morgan fingerprint density at radius 3 is 2.39 bits per heavy atom. The third-order valence-corrected chi connectivity index (χ3v) is 6.29. The minimum absolute atomic E-state index is 0.00989. The lowest BCUT2D eigenvalue weighted by molar-refractivity contribution is 0.102. The summed E-state index contributed by atoms with van der Waals surface area (Å²) in [5.41, 5.74) is 1.22. The molecule has 0 unspecified atom stereocenters. The van der Waals surface area contributed by atoms with Crippen molar-refractivity contribution in [1.82, 2.24) is 4.31 Å². The largest absolute Gasteiger partial charge is 0.507 e. The van der Waals surface area contributed by atoms with Crippen LogP contribution in [0.4, 0.5) is 5.69 Å². The Bertz CT molecular complexity index is 953. The van der Waals surface area contributed by atoms with E-state index in [4.69, 9.17) is 4.74 Å². The van der Waals surface area contributed by atoms with Crippen molar-refractivity contribution in [2.75, 3.05) is 25.0 Å². The molecular formula is C20H26N2O5S. The third kappa shape index (κ3) is 4.63. The van der Waals surface area contributed by atoms with Crippen LogP contribution >= 0.6 is 0 Å². The molecule has 152 valence electrons. The Morgan fingerprint density at radius 1 is 1.11 bits per heavy atom. The zero-order chi connectivity index (χ0) is 20.9. The van der Waals surface area contributed by atoms with Gasteiger partial charge in [0.15, 0.2) is 0 Å². The van der Waals surface area contributed by atoms with Gasteiger partial charge in [-0.1, -0.05) is 25.5 Å². The van der Waals surface area contributed by atoms with Crippen molar-refractivity contribution in [3.8, 4) is 11.5 Å². The summed E-state index contributed by atoms with van der Waals surface area (Å²) in [6.45, 7) is 8.03. The summed E-state index contributed by atoms with van der Waals surface area (Å²) in [7, 11) is -3.78. The van der Waals surface area contributed by atoms with Gasteiger partial charge in [-0.25, -0.2) is 8.42 Å². The number of carbonyl (C=O) groups excluding carboxylic acids is 1. The number of nitrogens with one attached hydrogen (secondary N) is 1. The van der Waals surface area contributed by atoms with Gasteiger partial charge in [0.2, 0.25) is 10.0 Å². The number of benzene rings is 2. The smallest absolute Gasteiger partial charge is 0.259 e. The molecule has 0 atom stereocenters. The zero-order valence-electron chi connectivity index (χ0n) is 16.5. The van der Waals surface area contributed by atoms with E-state index in [1.807, 2.05) is 6.92 Å². The van der Waals surface area contributed by atoms with Crippen LogP contribution in [-0.2, 0) is 10.0 Å².